The van der Waals surface area contributed by atoms with Crippen molar-refractivity contribution in [2.24, 2.45) is 0 Å². The Kier molecular flexibility index (Phi) is 3.21. The zero-order chi connectivity index (χ0) is 14.2. The highest BCUT2D eigenvalue weighted by Gasteiger charge is 2.40. The number of fused-ring (bicyclic) bond motifs is 1. The molecule has 1 aromatic carbocycles. The number of nitrogens with one attached hydrogen (secondary N) is 1. The number of hydrogen-bond acceptors (Lipinski definition) is 3. The van der Waals surface area contributed by atoms with Crippen LogP contribution in [0.3, 0.4) is 0 Å². The minimum Gasteiger partial charge on any atom is -0.305 e. The van der Waals surface area contributed by atoms with E-state index in [1.165, 1.54) is 4.57 Å². The second-order valence-corrected chi connectivity index (χ2v) is 4.73. The Balaban J connectivity index is 1.90. The van der Waals surface area contributed by atoms with Gasteiger partial charge in [-0.3, -0.25) is 0 Å². The fourth-order valence-corrected chi connectivity index (χ4v) is 2.46. The average molecular weight is 282 g/mol. The maximum atomic E-state index is 12.8. The Morgan fingerprint density at radius 1 is 1.20 bits per heavy atom. The number of hydrogen-bond donors (Lipinski definition) is 1. The molecular formula is C13H13F3N4. The Labute approximate surface area is 113 Å². The lowest BCUT2D eigenvalue weighted by atomic mass is 10.0. The summed E-state index contributed by atoms with van der Waals surface area (Å²) < 4.78 is 39.6. The summed E-state index contributed by atoms with van der Waals surface area (Å²) in [5.74, 6) is -0.556. The molecule has 0 bridgehead atoms. The van der Waals surface area contributed by atoms with Gasteiger partial charge in [0.05, 0.1) is 6.04 Å². The van der Waals surface area contributed by atoms with Crippen LogP contribution in [0, 0.1) is 0 Å². The number of halogens is 3. The Morgan fingerprint density at radius 2 is 1.95 bits per heavy atom. The van der Waals surface area contributed by atoms with Crippen LogP contribution in [0.5, 0.6) is 0 Å². The van der Waals surface area contributed by atoms with E-state index < -0.39 is 12.0 Å². The monoisotopic (exact) mass is 282 g/mol. The van der Waals surface area contributed by atoms with Crippen molar-refractivity contribution in [2.45, 2.75) is 25.2 Å². The van der Waals surface area contributed by atoms with Gasteiger partial charge in [-0.05, 0) is 12.0 Å². The molecule has 0 fully saturated rings. The minimum atomic E-state index is -4.46. The van der Waals surface area contributed by atoms with Gasteiger partial charge in [0.25, 0.3) is 0 Å². The van der Waals surface area contributed by atoms with Gasteiger partial charge in [0.2, 0.25) is 5.82 Å². The van der Waals surface area contributed by atoms with Gasteiger partial charge in [0.15, 0.2) is 5.82 Å². The maximum Gasteiger partial charge on any atom is 0.451 e. The van der Waals surface area contributed by atoms with E-state index in [0.717, 1.165) is 5.56 Å². The highest BCUT2D eigenvalue weighted by molar-refractivity contribution is 5.18. The molecule has 1 aliphatic rings. The minimum absolute atomic E-state index is 0.239. The zero-order valence-electron chi connectivity index (χ0n) is 10.6. The van der Waals surface area contributed by atoms with Crippen LogP contribution < -0.4 is 5.32 Å². The standard InChI is InChI=1S/C13H13F3N4/c14-13(15,16)12-19-18-11-10(17-6-7-20(11)12)8-9-4-2-1-3-5-9/h1-5,10,17H,6-8H2. The van der Waals surface area contributed by atoms with Crippen molar-refractivity contribution in [3.63, 3.8) is 0 Å². The van der Waals surface area contributed by atoms with Crippen LogP contribution in [0.2, 0.25) is 0 Å². The average Bonchev–Trinajstić information content (AvgIpc) is 2.85. The second kappa shape index (κ2) is 4.90. The van der Waals surface area contributed by atoms with Gasteiger partial charge in [-0.1, -0.05) is 30.3 Å². The highest BCUT2D eigenvalue weighted by Crippen LogP contribution is 2.31. The molecular weight excluding hydrogens is 269 g/mol. The van der Waals surface area contributed by atoms with E-state index in [4.69, 9.17) is 0 Å². The van der Waals surface area contributed by atoms with Crippen molar-refractivity contribution in [3.05, 3.63) is 47.5 Å². The highest BCUT2D eigenvalue weighted by atomic mass is 19.4. The first-order valence-corrected chi connectivity index (χ1v) is 6.33. The lowest BCUT2D eigenvalue weighted by molar-refractivity contribution is -0.147. The molecule has 0 amide bonds. The molecule has 0 saturated carbocycles. The van der Waals surface area contributed by atoms with Crippen LogP contribution in [-0.2, 0) is 19.1 Å². The Bertz CT molecular complexity index is 591. The number of alkyl halides is 3. The molecule has 1 unspecified atom stereocenters. The zero-order valence-corrected chi connectivity index (χ0v) is 10.6. The first-order valence-electron chi connectivity index (χ1n) is 6.33. The molecule has 3 rings (SSSR count). The van der Waals surface area contributed by atoms with Crippen molar-refractivity contribution in [2.75, 3.05) is 6.54 Å². The van der Waals surface area contributed by atoms with E-state index in [0.29, 0.717) is 18.8 Å². The third-order valence-electron chi connectivity index (χ3n) is 3.35. The third-order valence-corrected chi connectivity index (χ3v) is 3.35. The van der Waals surface area contributed by atoms with Crippen LogP contribution in [-0.4, -0.2) is 21.3 Å². The van der Waals surface area contributed by atoms with Gasteiger partial charge in [-0.25, -0.2) is 0 Å². The molecule has 106 valence electrons. The summed E-state index contributed by atoms with van der Waals surface area (Å²) >= 11 is 0. The van der Waals surface area contributed by atoms with E-state index in [2.05, 4.69) is 15.5 Å². The fourth-order valence-electron chi connectivity index (χ4n) is 2.46. The van der Waals surface area contributed by atoms with Crippen LogP contribution >= 0.6 is 0 Å². The van der Waals surface area contributed by atoms with Crippen molar-refractivity contribution in [1.82, 2.24) is 20.1 Å². The summed E-state index contributed by atoms with van der Waals surface area (Å²) in [6, 6.07) is 9.37. The maximum absolute atomic E-state index is 12.8. The molecule has 1 atom stereocenters. The molecule has 0 spiro atoms. The number of rotatable bonds is 2. The first-order chi connectivity index (χ1) is 9.55. The van der Waals surface area contributed by atoms with E-state index in [9.17, 15) is 13.2 Å². The van der Waals surface area contributed by atoms with Crippen molar-refractivity contribution < 1.29 is 13.2 Å². The molecule has 0 aliphatic carbocycles. The number of nitrogens with zero attached hydrogens (tertiary/aromatic N) is 3. The summed E-state index contributed by atoms with van der Waals surface area (Å²) in [4.78, 5) is 0. The Morgan fingerprint density at radius 3 is 2.65 bits per heavy atom. The van der Waals surface area contributed by atoms with Crippen LogP contribution in [0.15, 0.2) is 30.3 Å². The van der Waals surface area contributed by atoms with E-state index >= 15 is 0 Å². The molecule has 7 heteroatoms. The molecule has 0 radical (unpaired) electrons. The summed E-state index contributed by atoms with van der Waals surface area (Å²) in [7, 11) is 0. The molecule has 0 saturated heterocycles. The summed E-state index contributed by atoms with van der Waals surface area (Å²) in [6.45, 7) is 0.716. The SMILES string of the molecule is FC(F)(F)c1nnc2n1CCNC2Cc1ccccc1. The van der Waals surface area contributed by atoms with Gasteiger partial charge in [-0.2, -0.15) is 13.2 Å². The molecule has 1 N–H and O–H groups in total. The van der Waals surface area contributed by atoms with Crippen LogP contribution in [0.4, 0.5) is 13.2 Å². The summed E-state index contributed by atoms with van der Waals surface area (Å²) in [6.07, 6.45) is -3.86. The summed E-state index contributed by atoms with van der Waals surface area (Å²) in [5, 5.41) is 10.2. The van der Waals surface area contributed by atoms with E-state index in [1.807, 2.05) is 30.3 Å². The van der Waals surface area contributed by atoms with Crippen molar-refractivity contribution in [1.29, 1.82) is 0 Å². The topological polar surface area (TPSA) is 42.7 Å². The van der Waals surface area contributed by atoms with Gasteiger partial charge >= 0.3 is 6.18 Å². The van der Waals surface area contributed by atoms with Gasteiger partial charge < -0.3 is 9.88 Å². The van der Waals surface area contributed by atoms with Gasteiger partial charge in [-0.15, -0.1) is 10.2 Å². The largest absolute Gasteiger partial charge is 0.451 e. The molecule has 1 aromatic heterocycles. The van der Waals surface area contributed by atoms with E-state index in [-0.39, 0.29) is 12.6 Å². The van der Waals surface area contributed by atoms with Gasteiger partial charge in [0.1, 0.15) is 0 Å². The normalized spacial score (nSPS) is 18.9. The molecule has 4 nitrogen and oxygen atoms in total. The van der Waals surface area contributed by atoms with E-state index in [1.54, 1.807) is 0 Å². The second-order valence-electron chi connectivity index (χ2n) is 4.73. The third kappa shape index (κ3) is 2.40. The lowest BCUT2D eigenvalue weighted by Gasteiger charge is -2.25. The molecule has 2 aromatic rings. The molecule has 2 heterocycles. The summed E-state index contributed by atoms with van der Waals surface area (Å²) in [5.41, 5.74) is 1.05. The van der Waals surface area contributed by atoms with Crippen molar-refractivity contribution >= 4 is 0 Å². The fraction of sp³-hybridized carbons (Fsp3) is 0.385. The Hall–Kier alpha value is -1.89. The van der Waals surface area contributed by atoms with Crippen LogP contribution in [0.1, 0.15) is 23.3 Å². The van der Waals surface area contributed by atoms with Gasteiger partial charge in [0, 0.05) is 13.1 Å². The smallest absolute Gasteiger partial charge is 0.305 e. The molecule has 20 heavy (non-hydrogen) atoms. The van der Waals surface area contributed by atoms with Crippen molar-refractivity contribution in [3.8, 4) is 0 Å². The quantitative estimate of drug-likeness (QED) is 0.918. The predicted molar refractivity (Wildman–Crippen MR) is 65.9 cm³/mol. The van der Waals surface area contributed by atoms with Crippen LogP contribution in [0.25, 0.3) is 0 Å². The lowest BCUT2D eigenvalue weighted by Crippen LogP contribution is -2.36. The molecule has 1 aliphatic heterocycles. The first kappa shape index (κ1) is 13.1. The number of benzene rings is 1. The number of aromatic nitrogens is 3. The predicted octanol–water partition coefficient (Wildman–Crippen LogP) is 2.18.